The van der Waals surface area contributed by atoms with Gasteiger partial charge in [0.2, 0.25) is 15.9 Å². The average Bonchev–Trinajstić information content (AvgIpc) is 2.87. The molecule has 1 amide bonds. The molecule has 4 rings (SSSR count). The number of anilines is 1. The topological polar surface area (TPSA) is 60.9 Å². The molecule has 0 unspecified atom stereocenters. The molecule has 1 fully saturated rings. The highest BCUT2D eigenvalue weighted by atomic mass is 35.5. The third kappa shape index (κ3) is 6.09. The molecule has 10 heteroatoms. The highest BCUT2D eigenvalue weighted by Gasteiger charge is 2.31. The number of amides is 1. The molecular formula is C27H28Cl2FN3O3S. The van der Waals surface area contributed by atoms with Gasteiger partial charge in [0.15, 0.2) is 0 Å². The zero-order valence-electron chi connectivity index (χ0n) is 20.6. The number of carbonyl (C=O) groups excluding carboxylic acids is 1. The van der Waals surface area contributed by atoms with Crippen LogP contribution in [0.3, 0.4) is 0 Å². The van der Waals surface area contributed by atoms with Gasteiger partial charge in [-0.1, -0.05) is 41.4 Å². The number of nitrogens with zero attached hydrogens (tertiary/aromatic N) is 3. The Labute approximate surface area is 227 Å². The van der Waals surface area contributed by atoms with E-state index in [0.29, 0.717) is 31.2 Å². The fraction of sp³-hybridized carbons (Fsp3) is 0.296. The zero-order chi connectivity index (χ0) is 26.7. The Hall–Kier alpha value is -2.65. The average molecular weight is 565 g/mol. The second-order valence-corrected chi connectivity index (χ2v) is 11.8. The first kappa shape index (κ1) is 27.4. The predicted molar refractivity (Wildman–Crippen MR) is 145 cm³/mol. The quantitative estimate of drug-likeness (QED) is 0.392. The van der Waals surface area contributed by atoms with Crippen LogP contribution in [0.2, 0.25) is 10.0 Å². The Kier molecular flexibility index (Phi) is 8.43. The van der Waals surface area contributed by atoms with E-state index in [1.165, 1.54) is 53.6 Å². The standard InChI is InChI=1S/C27H28Cl2FN3O3S/c1-19-5-3-8-26(20(19)2)31-13-15-32(16-14-31)27(34)18-33(17-23-24(29)6-4-7-25(23)30)37(35,36)22-11-9-21(28)10-12-22/h3-12H,13-18H2,1-2H3. The smallest absolute Gasteiger partial charge is 0.243 e. The molecule has 0 radical (unpaired) electrons. The van der Waals surface area contributed by atoms with Crippen LogP contribution in [0.4, 0.5) is 10.1 Å². The number of hydrogen-bond acceptors (Lipinski definition) is 4. The third-order valence-electron chi connectivity index (χ3n) is 6.71. The summed E-state index contributed by atoms with van der Waals surface area (Å²) in [6.07, 6.45) is 0. The Morgan fingerprint density at radius 2 is 1.59 bits per heavy atom. The molecule has 0 aromatic heterocycles. The van der Waals surface area contributed by atoms with Gasteiger partial charge in [0.1, 0.15) is 5.82 Å². The molecule has 1 aliphatic heterocycles. The molecule has 0 bridgehead atoms. The summed E-state index contributed by atoms with van der Waals surface area (Å²) < 4.78 is 42.6. The van der Waals surface area contributed by atoms with Crippen molar-refractivity contribution in [1.82, 2.24) is 9.21 Å². The van der Waals surface area contributed by atoms with Gasteiger partial charge in [-0.3, -0.25) is 4.79 Å². The molecule has 0 saturated carbocycles. The van der Waals surface area contributed by atoms with Crippen LogP contribution in [0.5, 0.6) is 0 Å². The van der Waals surface area contributed by atoms with Gasteiger partial charge >= 0.3 is 0 Å². The molecule has 0 atom stereocenters. The van der Waals surface area contributed by atoms with Gasteiger partial charge in [-0.05, 0) is 67.4 Å². The summed E-state index contributed by atoms with van der Waals surface area (Å²) in [5, 5.41) is 0.464. The van der Waals surface area contributed by atoms with E-state index >= 15 is 0 Å². The Bertz CT molecular complexity index is 1370. The minimum Gasteiger partial charge on any atom is -0.368 e. The van der Waals surface area contributed by atoms with E-state index in [9.17, 15) is 17.6 Å². The first-order valence-corrected chi connectivity index (χ1v) is 14.0. The van der Waals surface area contributed by atoms with Gasteiger partial charge in [0, 0.05) is 54.0 Å². The van der Waals surface area contributed by atoms with Crippen LogP contribution in [0.15, 0.2) is 65.6 Å². The van der Waals surface area contributed by atoms with Crippen molar-refractivity contribution in [2.24, 2.45) is 0 Å². The maximum Gasteiger partial charge on any atom is 0.243 e. The Balaban J connectivity index is 1.54. The van der Waals surface area contributed by atoms with Crippen LogP contribution in [0.25, 0.3) is 0 Å². The largest absolute Gasteiger partial charge is 0.368 e. The fourth-order valence-corrected chi connectivity index (χ4v) is 6.07. The van der Waals surface area contributed by atoms with Crippen LogP contribution in [0.1, 0.15) is 16.7 Å². The van der Waals surface area contributed by atoms with Crippen LogP contribution < -0.4 is 4.90 Å². The van der Waals surface area contributed by atoms with Gasteiger partial charge in [-0.2, -0.15) is 4.31 Å². The Morgan fingerprint density at radius 1 is 0.946 bits per heavy atom. The van der Waals surface area contributed by atoms with Crippen molar-refractivity contribution in [3.63, 3.8) is 0 Å². The van der Waals surface area contributed by atoms with Crippen molar-refractivity contribution in [1.29, 1.82) is 0 Å². The van der Waals surface area contributed by atoms with Gasteiger partial charge < -0.3 is 9.80 Å². The lowest BCUT2D eigenvalue weighted by Crippen LogP contribution is -2.52. The summed E-state index contributed by atoms with van der Waals surface area (Å²) in [5.74, 6) is -0.996. The van der Waals surface area contributed by atoms with E-state index in [4.69, 9.17) is 23.2 Å². The van der Waals surface area contributed by atoms with E-state index in [1.54, 1.807) is 4.90 Å². The normalized spacial score (nSPS) is 14.3. The summed E-state index contributed by atoms with van der Waals surface area (Å²) >= 11 is 12.1. The van der Waals surface area contributed by atoms with Gasteiger partial charge in [0.05, 0.1) is 11.4 Å². The summed E-state index contributed by atoms with van der Waals surface area (Å²) in [6.45, 7) is 5.46. The summed E-state index contributed by atoms with van der Waals surface area (Å²) in [7, 11) is -4.16. The first-order valence-electron chi connectivity index (χ1n) is 11.9. The van der Waals surface area contributed by atoms with E-state index in [1.807, 2.05) is 6.07 Å². The van der Waals surface area contributed by atoms with Crippen LogP contribution >= 0.6 is 23.2 Å². The van der Waals surface area contributed by atoms with E-state index in [-0.39, 0.29) is 27.9 Å². The van der Waals surface area contributed by atoms with Crippen LogP contribution in [-0.2, 0) is 21.4 Å². The van der Waals surface area contributed by atoms with Gasteiger partial charge in [-0.25, -0.2) is 12.8 Å². The van der Waals surface area contributed by atoms with Crippen molar-refractivity contribution in [2.75, 3.05) is 37.6 Å². The molecule has 6 nitrogen and oxygen atoms in total. The maximum atomic E-state index is 14.6. The van der Waals surface area contributed by atoms with Crippen LogP contribution in [-0.4, -0.2) is 56.3 Å². The number of carbonyl (C=O) groups is 1. The minimum atomic E-state index is -4.16. The Morgan fingerprint density at radius 3 is 2.24 bits per heavy atom. The third-order valence-corrected chi connectivity index (χ3v) is 9.12. The van der Waals surface area contributed by atoms with Crippen molar-refractivity contribution in [2.45, 2.75) is 25.3 Å². The highest BCUT2D eigenvalue weighted by molar-refractivity contribution is 7.89. The number of hydrogen-bond donors (Lipinski definition) is 0. The summed E-state index contributed by atoms with van der Waals surface area (Å²) in [5.41, 5.74) is 3.54. The number of benzene rings is 3. The van der Waals surface area contributed by atoms with E-state index in [0.717, 1.165) is 9.99 Å². The molecule has 0 N–H and O–H groups in total. The summed E-state index contributed by atoms with van der Waals surface area (Å²) in [6, 6.07) is 15.9. The zero-order valence-corrected chi connectivity index (χ0v) is 23.0. The predicted octanol–water partition coefficient (Wildman–Crippen LogP) is 5.29. The molecule has 37 heavy (non-hydrogen) atoms. The number of sulfonamides is 1. The van der Waals surface area contributed by atoms with Crippen LogP contribution in [0, 0.1) is 19.7 Å². The lowest BCUT2D eigenvalue weighted by molar-refractivity contribution is -0.131. The summed E-state index contributed by atoms with van der Waals surface area (Å²) in [4.78, 5) is 17.2. The molecule has 0 spiro atoms. The minimum absolute atomic E-state index is 0.00856. The number of piperazine rings is 1. The lowest BCUT2D eigenvalue weighted by atomic mass is 10.1. The van der Waals surface area contributed by atoms with E-state index in [2.05, 4.69) is 30.9 Å². The van der Waals surface area contributed by atoms with Gasteiger partial charge in [-0.15, -0.1) is 0 Å². The second kappa shape index (κ2) is 11.4. The maximum absolute atomic E-state index is 14.6. The highest BCUT2D eigenvalue weighted by Crippen LogP contribution is 2.27. The molecule has 196 valence electrons. The molecular weight excluding hydrogens is 536 g/mol. The molecule has 1 saturated heterocycles. The molecule has 3 aromatic carbocycles. The first-order chi connectivity index (χ1) is 17.6. The second-order valence-electron chi connectivity index (χ2n) is 9.01. The lowest BCUT2D eigenvalue weighted by Gasteiger charge is -2.37. The van der Waals surface area contributed by atoms with Crippen molar-refractivity contribution in [3.8, 4) is 0 Å². The number of halogens is 3. The molecule has 1 aliphatic rings. The van der Waals surface area contributed by atoms with Crippen molar-refractivity contribution < 1.29 is 17.6 Å². The van der Waals surface area contributed by atoms with E-state index < -0.39 is 22.4 Å². The van der Waals surface area contributed by atoms with Gasteiger partial charge in [0.25, 0.3) is 0 Å². The SMILES string of the molecule is Cc1cccc(N2CCN(C(=O)CN(Cc3c(F)cccc3Cl)S(=O)(=O)c3ccc(Cl)cc3)CC2)c1C. The van der Waals surface area contributed by atoms with Crippen molar-refractivity contribution in [3.05, 3.63) is 93.2 Å². The molecule has 1 heterocycles. The van der Waals surface area contributed by atoms with Crippen molar-refractivity contribution >= 4 is 44.8 Å². The number of rotatable bonds is 7. The molecule has 0 aliphatic carbocycles. The molecule has 3 aromatic rings. The fourth-order valence-electron chi connectivity index (χ4n) is 4.37. The monoisotopic (exact) mass is 563 g/mol. The number of aryl methyl sites for hydroxylation is 1.